The highest BCUT2D eigenvalue weighted by Crippen LogP contribution is 2.27. The average molecular weight is 328 g/mol. The molecule has 2 aliphatic heterocycles. The summed E-state index contributed by atoms with van der Waals surface area (Å²) in [6.45, 7) is 8.49. The van der Waals surface area contributed by atoms with Gasteiger partial charge in [0.15, 0.2) is 0 Å². The number of nitrogens with zero attached hydrogens (tertiary/aromatic N) is 1. The van der Waals surface area contributed by atoms with Crippen LogP contribution >= 0.6 is 0 Å². The second kappa shape index (κ2) is 7.05. The molecule has 0 aromatic rings. The molecule has 132 valence electrons. The predicted molar refractivity (Wildman–Crippen MR) is 84.3 cm³/mol. The van der Waals surface area contributed by atoms with Crippen LogP contribution in [0.3, 0.4) is 0 Å². The third-order valence-electron chi connectivity index (χ3n) is 4.23. The van der Waals surface area contributed by atoms with E-state index in [2.05, 4.69) is 5.32 Å². The Morgan fingerprint density at radius 2 is 1.91 bits per heavy atom. The van der Waals surface area contributed by atoms with Gasteiger partial charge in [-0.25, -0.2) is 4.79 Å². The number of rotatable bonds is 5. The van der Waals surface area contributed by atoms with Crippen molar-refractivity contribution >= 4 is 12.1 Å². The van der Waals surface area contributed by atoms with E-state index in [1.54, 1.807) is 4.90 Å². The molecule has 0 aliphatic carbocycles. The fourth-order valence-electron chi connectivity index (χ4n) is 3.03. The van der Waals surface area contributed by atoms with Crippen molar-refractivity contribution < 1.29 is 24.2 Å². The van der Waals surface area contributed by atoms with Crippen molar-refractivity contribution in [2.75, 3.05) is 32.8 Å². The summed E-state index contributed by atoms with van der Waals surface area (Å²) >= 11 is 0. The smallest absolute Gasteiger partial charge is 0.410 e. The quantitative estimate of drug-likeness (QED) is 0.794. The van der Waals surface area contributed by atoms with E-state index < -0.39 is 17.1 Å². The number of carboxylic acid groups (broad SMARTS) is 1. The van der Waals surface area contributed by atoms with E-state index in [1.165, 1.54) is 0 Å². The molecule has 0 spiro atoms. The second-order valence-electron chi connectivity index (χ2n) is 7.62. The van der Waals surface area contributed by atoms with Gasteiger partial charge in [-0.05, 0) is 46.1 Å². The molecule has 2 aliphatic rings. The van der Waals surface area contributed by atoms with Gasteiger partial charge in [0.05, 0.1) is 12.0 Å². The lowest BCUT2D eigenvalue weighted by Crippen LogP contribution is -2.71. The molecule has 0 saturated carbocycles. The number of carbonyl (C=O) groups excluding carboxylic acids is 1. The SMILES string of the molecule is CC(C)(C)OC(=O)N1CC(CC(=O)O)(NCC2CCOCC2)C1. The molecule has 2 heterocycles. The Bertz CT molecular complexity index is 434. The third-order valence-corrected chi connectivity index (χ3v) is 4.23. The first-order valence-corrected chi connectivity index (χ1v) is 8.22. The van der Waals surface area contributed by atoms with E-state index in [0.717, 1.165) is 32.6 Å². The number of ether oxygens (including phenoxy) is 2. The molecular weight excluding hydrogens is 300 g/mol. The summed E-state index contributed by atoms with van der Waals surface area (Å²) in [5, 5.41) is 12.6. The molecule has 7 nitrogen and oxygen atoms in total. The van der Waals surface area contributed by atoms with Crippen LogP contribution in [-0.4, -0.2) is 66.1 Å². The van der Waals surface area contributed by atoms with Crippen molar-refractivity contribution in [3.05, 3.63) is 0 Å². The monoisotopic (exact) mass is 328 g/mol. The topological polar surface area (TPSA) is 88.1 Å². The summed E-state index contributed by atoms with van der Waals surface area (Å²) in [5.74, 6) is -0.349. The Balaban J connectivity index is 1.86. The molecule has 2 fully saturated rings. The van der Waals surface area contributed by atoms with E-state index >= 15 is 0 Å². The fraction of sp³-hybridized carbons (Fsp3) is 0.875. The number of hydrogen-bond acceptors (Lipinski definition) is 5. The first-order chi connectivity index (χ1) is 10.7. The molecule has 23 heavy (non-hydrogen) atoms. The van der Waals surface area contributed by atoms with Gasteiger partial charge in [0.2, 0.25) is 0 Å². The minimum Gasteiger partial charge on any atom is -0.481 e. The van der Waals surface area contributed by atoms with E-state index in [0.29, 0.717) is 19.0 Å². The first kappa shape index (κ1) is 18.0. The Morgan fingerprint density at radius 1 is 1.30 bits per heavy atom. The summed E-state index contributed by atoms with van der Waals surface area (Å²) in [4.78, 5) is 24.8. The van der Waals surface area contributed by atoms with E-state index in [9.17, 15) is 9.59 Å². The standard InChI is InChI=1S/C16H28N2O5/c1-15(2,3)23-14(21)18-10-16(11-18,8-13(19)20)17-9-12-4-6-22-7-5-12/h12,17H,4-11H2,1-3H3,(H,19,20). The molecular formula is C16H28N2O5. The highest BCUT2D eigenvalue weighted by molar-refractivity contribution is 5.73. The maximum absolute atomic E-state index is 12.0. The molecule has 2 saturated heterocycles. The van der Waals surface area contributed by atoms with Gasteiger partial charge in [0.1, 0.15) is 5.60 Å². The van der Waals surface area contributed by atoms with Gasteiger partial charge in [-0.3, -0.25) is 4.79 Å². The zero-order valence-electron chi connectivity index (χ0n) is 14.3. The predicted octanol–water partition coefficient (Wildman–Crippen LogP) is 1.47. The average Bonchev–Trinajstić information content (AvgIpc) is 2.39. The van der Waals surface area contributed by atoms with Crippen LogP contribution in [0.5, 0.6) is 0 Å². The molecule has 2 N–H and O–H groups in total. The number of carbonyl (C=O) groups is 2. The maximum Gasteiger partial charge on any atom is 0.410 e. The Kier molecular flexibility index (Phi) is 5.52. The molecule has 0 aromatic carbocycles. The first-order valence-electron chi connectivity index (χ1n) is 8.22. The van der Waals surface area contributed by atoms with Crippen molar-refractivity contribution in [2.24, 2.45) is 5.92 Å². The van der Waals surface area contributed by atoms with E-state index in [1.807, 2.05) is 20.8 Å². The molecule has 2 rings (SSSR count). The zero-order chi connectivity index (χ0) is 17.1. The van der Waals surface area contributed by atoms with Gasteiger partial charge < -0.3 is 24.8 Å². The molecule has 1 amide bonds. The summed E-state index contributed by atoms with van der Waals surface area (Å²) in [7, 11) is 0. The molecule has 0 radical (unpaired) electrons. The van der Waals surface area contributed by atoms with E-state index in [-0.39, 0.29) is 12.5 Å². The fourth-order valence-corrected chi connectivity index (χ4v) is 3.03. The number of likely N-dealkylation sites (tertiary alicyclic amines) is 1. The van der Waals surface area contributed by atoms with Gasteiger partial charge in [-0.2, -0.15) is 0 Å². The van der Waals surface area contributed by atoms with Crippen LogP contribution in [0.25, 0.3) is 0 Å². The van der Waals surface area contributed by atoms with Crippen LogP contribution < -0.4 is 5.32 Å². The van der Waals surface area contributed by atoms with Crippen molar-refractivity contribution in [3.8, 4) is 0 Å². The van der Waals surface area contributed by atoms with Crippen LogP contribution in [-0.2, 0) is 14.3 Å². The molecule has 0 unspecified atom stereocenters. The van der Waals surface area contributed by atoms with Gasteiger partial charge in [0, 0.05) is 26.3 Å². The Hall–Kier alpha value is -1.34. The Morgan fingerprint density at radius 3 is 2.43 bits per heavy atom. The summed E-state index contributed by atoms with van der Waals surface area (Å²) < 4.78 is 10.7. The maximum atomic E-state index is 12.0. The zero-order valence-corrected chi connectivity index (χ0v) is 14.3. The van der Waals surface area contributed by atoms with Gasteiger partial charge >= 0.3 is 12.1 Å². The molecule has 0 atom stereocenters. The minimum absolute atomic E-state index is 0.00944. The normalized spacial score (nSPS) is 21.6. The lowest BCUT2D eigenvalue weighted by Gasteiger charge is -2.50. The number of hydrogen-bond donors (Lipinski definition) is 2. The minimum atomic E-state index is -0.853. The van der Waals surface area contributed by atoms with Gasteiger partial charge in [0.25, 0.3) is 0 Å². The van der Waals surface area contributed by atoms with Crippen LogP contribution in [0, 0.1) is 5.92 Å². The molecule has 0 bridgehead atoms. The van der Waals surface area contributed by atoms with Crippen LogP contribution in [0.1, 0.15) is 40.0 Å². The lowest BCUT2D eigenvalue weighted by molar-refractivity contribution is -0.141. The number of amides is 1. The van der Waals surface area contributed by atoms with Crippen LogP contribution in [0.4, 0.5) is 4.79 Å². The van der Waals surface area contributed by atoms with Gasteiger partial charge in [-0.1, -0.05) is 0 Å². The summed E-state index contributed by atoms with van der Waals surface area (Å²) in [6, 6.07) is 0. The Labute approximate surface area is 137 Å². The van der Waals surface area contributed by atoms with Crippen molar-refractivity contribution in [3.63, 3.8) is 0 Å². The number of nitrogens with one attached hydrogen (secondary N) is 1. The highest BCUT2D eigenvalue weighted by atomic mass is 16.6. The number of carboxylic acids is 1. The largest absolute Gasteiger partial charge is 0.481 e. The highest BCUT2D eigenvalue weighted by Gasteiger charge is 2.47. The van der Waals surface area contributed by atoms with Crippen molar-refractivity contribution in [2.45, 2.75) is 51.2 Å². The third kappa shape index (κ3) is 5.35. The lowest BCUT2D eigenvalue weighted by atomic mass is 9.85. The van der Waals surface area contributed by atoms with E-state index in [4.69, 9.17) is 14.6 Å². The van der Waals surface area contributed by atoms with Crippen molar-refractivity contribution in [1.82, 2.24) is 10.2 Å². The number of aliphatic carboxylic acids is 1. The van der Waals surface area contributed by atoms with Crippen LogP contribution in [0.2, 0.25) is 0 Å². The van der Waals surface area contributed by atoms with Gasteiger partial charge in [-0.15, -0.1) is 0 Å². The summed E-state index contributed by atoms with van der Waals surface area (Å²) in [6.07, 6.45) is 1.61. The van der Waals surface area contributed by atoms with Crippen molar-refractivity contribution in [1.29, 1.82) is 0 Å². The summed E-state index contributed by atoms with van der Waals surface area (Å²) in [5.41, 5.74) is -1.08. The molecule has 7 heteroatoms. The molecule has 0 aromatic heterocycles. The second-order valence-corrected chi connectivity index (χ2v) is 7.62. The van der Waals surface area contributed by atoms with Crippen LogP contribution in [0.15, 0.2) is 0 Å².